The standard InChI is InChI=1S/C9H6N2O4/c1-15-9-3-2-8(11(13)14)6(4-10)7(9)5-12/h2-3,5H,1H3. The summed E-state index contributed by atoms with van der Waals surface area (Å²) in [5, 5.41) is 19.3. The van der Waals surface area contributed by atoms with Gasteiger partial charge in [-0.3, -0.25) is 14.9 Å². The molecule has 0 atom stereocenters. The summed E-state index contributed by atoms with van der Waals surface area (Å²) in [4.78, 5) is 20.5. The van der Waals surface area contributed by atoms with Crippen molar-refractivity contribution in [3.05, 3.63) is 33.4 Å². The fourth-order valence-electron chi connectivity index (χ4n) is 1.15. The first-order valence-electron chi connectivity index (χ1n) is 3.86. The zero-order valence-electron chi connectivity index (χ0n) is 7.76. The molecule has 0 amide bonds. The molecule has 6 nitrogen and oxygen atoms in total. The molecule has 0 unspecified atom stereocenters. The molecule has 0 N–H and O–H groups in total. The maximum absolute atomic E-state index is 10.7. The number of nitro groups is 1. The summed E-state index contributed by atoms with van der Waals surface area (Å²) < 4.78 is 4.81. The van der Waals surface area contributed by atoms with Gasteiger partial charge in [0.15, 0.2) is 6.29 Å². The van der Waals surface area contributed by atoms with Crippen molar-refractivity contribution in [1.29, 1.82) is 5.26 Å². The molecule has 0 radical (unpaired) electrons. The molecule has 0 aliphatic rings. The van der Waals surface area contributed by atoms with E-state index >= 15 is 0 Å². The van der Waals surface area contributed by atoms with Gasteiger partial charge < -0.3 is 4.74 Å². The zero-order chi connectivity index (χ0) is 11.4. The third kappa shape index (κ3) is 1.76. The van der Waals surface area contributed by atoms with Gasteiger partial charge in [-0.15, -0.1) is 0 Å². The molecule has 0 aromatic heterocycles. The first-order valence-corrected chi connectivity index (χ1v) is 3.86. The molecule has 1 aromatic rings. The Balaban J connectivity index is 3.57. The Bertz CT molecular complexity index is 462. The third-order valence-corrected chi connectivity index (χ3v) is 1.83. The summed E-state index contributed by atoms with van der Waals surface area (Å²) in [6.07, 6.45) is 0.365. The van der Waals surface area contributed by atoms with E-state index in [2.05, 4.69) is 0 Å². The number of rotatable bonds is 3. The van der Waals surface area contributed by atoms with Crippen LogP contribution in [0.25, 0.3) is 0 Å². The molecule has 15 heavy (non-hydrogen) atoms. The predicted octanol–water partition coefficient (Wildman–Crippen LogP) is 1.29. The molecule has 0 aliphatic carbocycles. The fraction of sp³-hybridized carbons (Fsp3) is 0.111. The summed E-state index contributed by atoms with van der Waals surface area (Å²) in [6, 6.07) is 4.03. The van der Waals surface area contributed by atoms with Gasteiger partial charge in [0.05, 0.1) is 17.6 Å². The van der Waals surface area contributed by atoms with Crippen LogP contribution in [-0.4, -0.2) is 18.3 Å². The van der Waals surface area contributed by atoms with Crippen molar-refractivity contribution >= 4 is 12.0 Å². The van der Waals surface area contributed by atoms with Gasteiger partial charge in [0.25, 0.3) is 5.69 Å². The van der Waals surface area contributed by atoms with Crippen LogP contribution in [0.1, 0.15) is 15.9 Å². The summed E-state index contributed by atoms with van der Waals surface area (Å²) in [6.45, 7) is 0. The van der Waals surface area contributed by atoms with Crippen LogP contribution in [0.4, 0.5) is 5.69 Å². The Morgan fingerprint density at radius 3 is 2.67 bits per heavy atom. The van der Waals surface area contributed by atoms with Crippen LogP contribution in [0.5, 0.6) is 5.75 Å². The van der Waals surface area contributed by atoms with Crippen molar-refractivity contribution < 1.29 is 14.5 Å². The van der Waals surface area contributed by atoms with E-state index < -0.39 is 10.6 Å². The molecule has 0 saturated carbocycles. The Morgan fingerprint density at radius 1 is 1.60 bits per heavy atom. The maximum Gasteiger partial charge on any atom is 0.288 e. The van der Waals surface area contributed by atoms with Gasteiger partial charge in [0, 0.05) is 6.07 Å². The normalized spacial score (nSPS) is 9.07. The molecule has 0 spiro atoms. The SMILES string of the molecule is COc1ccc([N+](=O)[O-])c(C#N)c1C=O. The minimum absolute atomic E-state index is 0.103. The van der Waals surface area contributed by atoms with E-state index in [0.29, 0.717) is 6.29 Å². The number of ether oxygens (including phenoxy) is 1. The maximum atomic E-state index is 10.7. The van der Waals surface area contributed by atoms with Crippen LogP contribution in [0.15, 0.2) is 12.1 Å². The Morgan fingerprint density at radius 2 is 2.27 bits per heavy atom. The van der Waals surface area contributed by atoms with E-state index in [9.17, 15) is 14.9 Å². The van der Waals surface area contributed by atoms with Crippen LogP contribution in [0.2, 0.25) is 0 Å². The number of aldehydes is 1. The molecular formula is C9H6N2O4. The highest BCUT2D eigenvalue weighted by atomic mass is 16.6. The highest BCUT2D eigenvalue weighted by molar-refractivity contribution is 5.86. The minimum atomic E-state index is -0.717. The number of hydrogen-bond acceptors (Lipinski definition) is 5. The molecule has 6 heteroatoms. The summed E-state index contributed by atoms with van der Waals surface area (Å²) >= 11 is 0. The summed E-state index contributed by atoms with van der Waals surface area (Å²) in [7, 11) is 1.31. The molecule has 0 saturated heterocycles. The highest BCUT2D eigenvalue weighted by Crippen LogP contribution is 2.28. The largest absolute Gasteiger partial charge is 0.496 e. The van der Waals surface area contributed by atoms with Crippen molar-refractivity contribution in [3.63, 3.8) is 0 Å². The van der Waals surface area contributed by atoms with Crippen molar-refractivity contribution in [3.8, 4) is 11.8 Å². The number of carbonyl (C=O) groups is 1. The van der Waals surface area contributed by atoms with Crippen molar-refractivity contribution in [2.75, 3.05) is 7.11 Å². The highest BCUT2D eigenvalue weighted by Gasteiger charge is 2.20. The molecule has 0 aliphatic heterocycles. The summed E-state index contributed by atoms with van der Waals surface area (Å²) in [5.41, 5.74) is -0.788. The van der Waals surface area contributed by atoms with E-state index in [4.69, 9.17) is 10.00 Å². The van der Waals surface area contributed by atoms with Gasteiger partial charge >= 0.3 is 0 Å². The summed E-state index contributed by atoms with van der Waals surface area (Å²) in [5.74, 6) is 0.146. The van der Waals surface area contributed by atoms with Crippen LogP contribution in [-0.2, 0) is 0 Å². The number of nitro benzene ring substituents is 1. The second kappa shape index (κ2) is 4.19. The van der Waals surface area contributed by atoms with E-state index in [1.165, 1.54) is 13.2 Å². The van der Waals surface area contributed by atoms with Gasteiger partial charge in [-0.1, -0.05) is 0 Å². The van der Waals surface area contributed by atoms with Crippen molar-refractivity contribution in [2.24, 2.45) is 0 Å². The number of nitrogens with zero attached hydrogens (tertiary/aromatic N) is 2. The number of carbonyl (C=O) groups excluding carboxylic acids is 1. The van der Waals surface area contributed by atoms with Crippen LogP contribution >= 0.6 is 0 Å². The van der Waals surface area contributed by atoms with Gasteiger partial charge in [-0.2, -0.15) is 5.26 Å². The average Bonchev–Trinajstić information content (AvgIpc) is 2.26. The van der Waals surface area contributed by atoms with Crippen LogP contribution in [0, 0.1) is 21.4 Å². The monoisotopic (exact) mass is 206 g/mol. The van der Waals surface area contributed by atoms with Gasteiger partial charge in [0.2, 0.25) is 0 Å². The fourth-order valence-corrected chi connectivity index (χ4v) is 1.15. The van der Waals surface area contributed by atoms with Crippen LogP contribution < -0.4 is 4.74 Å². The molecule has 0 heterocycles. The van der Waals surface area contributed by atoms with E-state index in [1.807, 2.05) is 0 Å². The smallest absolute Gasteiger partial charge is 0.288 e. The van der Waals surface area contributed by atoms with Crippen LogP contribution in [0.3, 0.4) is 0 Å². The quantitative estimate of drug-likeness (QED) is 0.422. The lowest BCUT2D eigenvalue weighted by Gasteiger charge is -2.04. The zero-order valence-corrected chi connectivity index (χ0v) is 7.76. The topological polar surface area (TPSA) is 93.2 Å². The predicted molar refractivity (Wildman–Crippen MR) is 49.8 cm³/mol. The molecule has 76 valence electrons. The van der Waals surface area contributed by atoms with Crippen molar-refractivity contribution in [1.82, 2.24) is 0 Å². The second-order valence-corrected chi connectivity index (χ2v) is 2.56. The third-order valence-electron chi connectivity index (χ3n) is 1.83. The second-order valence-electron chi connectivity index (χ2n) is 2.56. The lowest BCUT2D eigenvalue weighted by Crippen LogP contribution is -1.99. The number of methoxy groups -OCH3 is 1. The van der Waals surface area contributed by atoms with E-state index in [0.717, 1.165) is 6.07 Å². The Labute approximate surface area is 84.8 Å². The lowest BCUT2D eigenvalue weighted by atomic mass is 10.1. The lowest BCUT2D eigenvalue weighted by molar-refractivity contribution is -0.385. The van der Waals surface area contributed by atoms with Crippen molar-refractivity contribution in [2.45, 2.75) is 0 Å². The first kappa shape index (κ1) is 10.7. The molecule has 0 fully saturated rings. The molecular weight excluding hydrogens is 200 g/mol. The Hall–Kier alpha value is -2.42. The van der Waals surface area contributed by atoms with E-state index in [-0.39, 0.29) is 16.9 Å². The molecule has 0 bridgehead atoms. The number of nitriles is 1. The first-order chi connectivity index (χ1) is 7.15. The van der Waals surface area contributed by atoms with Gasteiger partial charge in [-0.05, 0) is 6.07 Å². The molecule has 1 rings (SSSR count). The molecule has 1 aromatic carbocycles. The van der Waals surface area contributed by atoms with E-state index in [1.54, 1.807) is 6.07 Å². The van der Waals surface area contributed by atoms with Gasteiger partial charge in [-0.25, -0.2) is 0 Å². The number of hydrogen-bond donors (Lipinski definition) is 0. The number of benzene rings is 1. The Kier molecular flexibility index (Phi) is 2.98. The minimum Gasteiger partial charge on any atom is -0.496 e. The van der Waals surface area contributed by atoms with Gasteiger partial charge in [0.1, 0.15) is 17.4 Å². The average molecular weight is 206 g/mol.